The van der Waals surface area contributed by atoms with Crippen molar-refractivity contribution in [1.29, 1.82) is 0 Å². The highest BCUT2D eigenvalue weighted by molar-refractivity contribution is 6.15. The molecule has 1 amide bonds. The van der Waals surface area contributed by atoms with Gasteiger partial charge < -0.3 is 5.32 Å². The lowest BCUT2D eigenvalue weighted by Crippen LogP contribution is -2.25. The lowest BCUT2D eigenvalue weighted by molar-refractivity contribution is 0.0939. The molecule has 5 heteroatoms. The Labute approximate surface area is 168 Å². The second-order valence-corrected chi connectivity index (χ2v) is 6.54. The summed E-state index contributed by atoms with van der Waals surface area (Å²) in [5.41, 5.74) is 3.23. The van der Waals surface area contributed by atoms with Crippen LogP contribution in [0, 0.1) is 0 Å². The third-order valence-electron chi connectivity index (χ3n) is 4.61. The molecule has 3 aromatic carbocycles. The summed E-state index contributed by atoms with van der Waals surface area (Å²) in [7, 11) is 0. The van der Waals surface area contributed by atoms with E-state index in [9.17, 15) is 9.59 Å². The summed E-state index contributed by atoms with van der Waals surface area (Å²) in [6.45, 7) is 0.367. The molecule has 0 atom stereocenters. The van der Waals surface area contributed by atoms with E-state index in [1.807, 2.05) is 54.7 Å². The molecule has 0 fully saturated rings. The Morgan fingerprint density at radius 3 is 2.17 bits per heavy atom. The fourth-order valence-electron chi connectivity index (χ4n) is 3.09. The molecule has 29 heavy (non-hydrogen) atoms. The van der Waals surface area contributed by atoms with Crippen molar-refractivity contribution in [3.05, 3.63) is 120 Å². The first-order valence-corrected chi connectivity index (χ1v) is 9.28. The van der Waals surface area contributed by atoms with E-state index in [0.29, 0.717) is 23.2 Å². The van der Waals surface area contributed by atoms with Crippen molar-refractivity contribution >= 4 is 11.7 Å². The van der Waals surface area contributed by atoms with E-state index < -0.39 is 0 Å². The molecule has 0 radical (unpaired) electrons. The lowest BCUT2D eigenvalue weighted by atomic mass is 9.98. The number of benzene rings is 3. The molecule has 1 heterocycles. The second-order valence-electron chi connectivity index (χ2n) is 6.54. The van der Waals surface area contributed by atoms with Gasteiger partial charge in [-0.15, -0.1) is 0 Å². The van der Waals surface area contributed by atoms with E-state index in [-0.39, 0.29) is 11.7 Å². The monoisotopic (exact) mass is 381 g/mol. The van der Waals surface area contributed by atoms with Crippen LogP contribution < -0.4 is 5.32 Å². The predicted molar refractivity (Wildman–Crippen MR) is 111 cm³/mol. The standard InChI is InChI=1S/C24H19N3O2/c28-23(19-7-2-1-3-8-19)21-9-4-5-10-22(21)24(29)25-17-18-11-13-20(14-12-18)27-16-6-15-26-27/h1-16H,17H2,(H,25,29). The second kappa shape index (κ2) is 8.35. The van der Waals surface area contributed by atoms with Crippen LogP contribution in [-0.4, -0.2) is 21.5 Å². The van der Waals surface area contributed by atoms with Gasteiger partial charge in [-0.25, -0.2) is 4.68 Å². The minimum atomic E-state index is -0.277. The van der Waals surface area contributed by atoms with E-state index in [2.05, 4.69) is 10.4 Å². The van der Waals surface area contributed by atoms with E-state index in [1.165, 1.54) is 0 Å². The molecule has 0 spiro atoms. The summed E-state index contributed by atoms with van der Waals surface area (Å²) in [4.78, 5) is 25.6. The zero-order valence-corrected chi connectivity index (χ0v) is 15.7. The van der Waals surface area contributed by atoms with Crippen molar-refractivity contribution in [2.45, 2.75) is 6.54 Å². The molecular weight excluding hydrogens is 362 g/mol. The highest BCUT2D eigenvalue weighted by atomic mass is 16.2. The molecule has 0 aliphatic rings. The maximum Gasteiger partial charge on any atom is 0.252 e. The van der Waals surface area contributed by atoms with Crippen molar-refractivity contribution in [2.75, 3.05) is 0 Å². The maximum atomic E-state index is 12.8. The van der Waals surface area contributed by atoms with Crippen LogP contribution in [0.25, 0.3) is 5.69 Å². The molecule has 1 aromatic heterocycles. The predicted octanol–water partition coefficient (Wildman–Crippen LogP) is 4.03. The first-order chi connectivity index (χ1) is 14.2. The topological polar surface area (TPSA) is 64.0 Å². The van der Waals surface area contributed by atoms with Gasteiger partial charge in [-0.1, -0.05) is 60.7 Å². The van der Waals surface area contributed by atoms with Gasteiger partial charge in [0, 0.05) is 30.1 Å². The Bertz CT molecular complexity index is 1120. The smallest absolute Gasteiger partial charge is 0.252 e. The third-order valence-corrected chi connectivity index (χ3v) is 4.61. The number of carbonyl (C=O) groups is 2. The molecule has 0 bridgehead atoms. The highest BCUT2D eigenvalue weighted by Crippen LogP contribution is 2.15. The van der Waals surface area contributed by atoms with Crippen molar-refractivity contribution < 1.29 is 9.59 Å². The maximum absolute atomic E-state index is 12.8. The van der Waals surface area contributed by atoms with Gasteiger partial charge in [0.2, 0.25) is 0 Å². The number of nitrogens with one attached hydrogen (secondary N) is 1. The van der Waals surface area contributed by atoms with Gasteiger partial charge in [-0.05, 0) is 29.8 Å². The molecule has 1 N–H and O–H groups in total. The molecule has 0 aliphatic carbocycles. The van der Waals surface area contributed by atoms with Gasteiger partial charge in [0.15, 0.2) is 5.78 Å². The Hall–Kier alpha value is -3.99. The molecule has 5 nitrogen and oxygen atoms in total. The van der Waals surface area contributed by atoms with Crippen LogP contribution >= 0.6 is 0 Å². The van der Waals surface area contributed by atoms with Crippen LogP contribution in [0.15, 0.2) is 97.3 Å². The Kier molecular flexibility index (Phi) is 5.29. The van der Waals surface area contributed by atoms with E-state index in [4.69, 9.17) is 0 Å². The number of hydrogen-bond donors (Lipinski definition) is 1. The van der Waals surface area contributed by atoms with E-state index in [1.54, 1.807) is 47.3 Å². The summed E-state index contributed by atoms with van der Waals surface area (Å²) in [6.07, 6.45) is 3.60. The molecule has 0 unspecified atom stereocenters. The third kappa shape index (κ3) is 4.14. The van der Waals surface area contributed by atoms with Gasteiger partial charge in [-0.3, -0.25) is 9.59 Å². The lowest BCUT2D eigenvalue weighted by Gasteiger charge is -2.10. The number of amides is 1. The summed E-state index contributed by atoms with van der Waals surface area (Å²) in [5.74, 6) is -0.444. The fourth-order valence-corrected chi connectivity index (χ4v) is 3.09. The van der Waals surface area contributed by atoms with Gasteiger partial charge in [-0.2, -0.15) is 5.10 Å². The van der Waals surface area contributed by atoms with E-state index >= 15 is 0 Å². The quantitative estimate of drug-likeness (QED) is 0.513. The molecule has 4 aromatic rings. The molecular formula is C24H19N3O2. The minimum absolute atomic E-state index is 0.167. The molecule has 0 aliphatic heterocycles. The first-order valence-electron chi connectivity index (χ1n) is 9.28. The number of rotatable bonds is 6. The number of carbonyl (C=O) groups excluding carboxylic acids is 2. The van der Waals surface area contributed by atoms with E-state index in [0.717, 1.165) is 11.3 Å². The van der Waals surface area contributed by atoms with Crippen molar-refractivity contribution in [3.63, 3.8) is 0 Å². The summed E-state index contributed by atoms with van der Waals surface area (Å²) < 4.78 is 1.77. The number of ketones is 1. The van der Waals surface area contributed by atoms with Crippen LogP contribution in [0.3, 0.4) is 0 Å². The number of aromatic nitrogens is 2. The largest absolute Gasteiger partial charge is 0.348 e. The number of hydrogen-bond acceptors (Lipinski definition) is 3. The van der Waals surface area contributed by atoms with Crippen LogP contribution in [0.2, 0.25) is 0 Å². The number of nitrogens with zero attached hydrogens (tertiary/aromatic N) is 2. The average Bonchev–Trinajstić information content (AvgIpc) is 3.33. The van der Waals surface area contributed by atoms with Crippen LogP contribution in [-0.2, 0) is 6.54 Å². The van der Waals surface area contributed by atoms with Gasteiger partial charge >= 0.3 is 0 Å². The van der Waals surface area contributed by atoms with Gasteiger partial charge in [0.05, 0.1) is 11.3 Å². The van der Waals surface area contributed by atoms with Crippen molar-refractivity contribution in [3.8, 4) is 5.69 Å². The molecule has 0 saturated heterocycles. The van der Waals surface area contributed by atoms with Gasteiger partial charge in [0.1, 0.15) is 0 Å². The van der Waals surface area contributed by atoms with Crippen molar-refractivity contribution in [2.24, 2.45) is 0 Å². The van der Waals surface area contributed by atoms with Crippen LogP contribution in [0.4, 0.5) is 0 Å². The Morgan fingerprint density at radius 1 is 0.793 bits per heavy atom. The summed E-state index contributed by atoms with van der Waals surface area (Å²) >= 11 is 0. The van der Waals surface area contributed by atoms with Crippen LogP contribution in [0.5, 0.6) is 0 Å². The zero-order valence-electron chi connectivity index (χ0n) is 15.7. The Balaban J connectivity index is 1.47. The molecule has 142 valence electrons. The fraction of sp³-hybridized carbons (Fsp3) is 0.0417. The average molecular weight is 381 g/mol. The Morgan fingerprint density at radius 2 is 1.48 bits per heavy atom. The molecule has 4 rings (SSSR count). The first kappa shape index (κ1) is 18.4. The summed E-state index contributed by atoms with van der Waals surface area (Å²) in [6, 6.07) is 25.5. The van der Waals surface area contributed by atoms with Gasteiger partial charge in [0.25, 0.3) is 5.91 Å². The minimum Gasteiger partial charge on any atom is -0.348 e. The molecule has 0 saturated carbocycles. The van der Waals surface area contributed by atoms with Crippen LogP contribution in [0.1, 0.15) is 31.8 Å². The SMILES string of the molecule is O=C(NCc1ccc(-n2cccn2)cc1)c1ccccc1C(=O)c1ccccc1. The normalized spacial score (nSPS) is 10.5. The zero-order chi connectivity index (χ0) is 20.1. The highest BCUT2D eigenvalue weighted by Gasteiger charge is 2.17. The van der Waals surface area contributed by atoms with Crippen molar-refractivity contribution in [1.82, 2.24) is 15.1 Å². The summed E-state index contributed by atoms with van der Waals surface area (Å²) in [5, 5.41) is 7.10.